The molecular weight excluding hydrogens is 542 g/mol. The van der Waals surface area contributed by atoms with Crippen molar-refractivity contribution < 1.29 is 41.7 Å². The molecule has 2 fully saturated rings. The molecule has 2 N–H and O–H groups in total. The number of hydrogen-bond donors (Lipinski definition) is 2. The number of alkyl halides is 3. The third-order valence-electron chi connectivity index (χ3n) is 7.14. The Kier molecular flexibility index (Phi) is 7.68. The number of carbonyl (C=O) groups is 1. The number of H-pyrrole nitrogens is 1. The molecule has 216 valence electrons. The lowest BCUT2D eigenvalue weighted by Gasteiger charge is -2.42. The van der Waals surface area contributed by atoms with Gasteiger partial charge in [-0.25, -0.2) is 18.9 Å². The van der Waals surface area contributed by atoms with Crippen LogP contribution in [0.15, 0.2) is 23.1 Å². The van der Waals surface area contributed by atoms with Gasteiger partial charge in [0.05, 0.1) is 24.9 Å². The van der Waals surface area contributed by atoms with Crippen LogP contribution in [0, 0.1) is 5.82 Å². The minimum atomic E-state index is -5.08. The molecule has 3 aliphatic rings. The largest absolute Gasteiger partial charge is 0.490 e. The topological polar surface area (TPSA) is 132 Å². The van der Waals surface area contributed by atoms with Gasteiger partial charge < -0.3 is 24.3 Å². The number of aromatic nitrogens is 4. The first-order chi connectivity index (χ1) is 19.0. The highest BCUT2D eigenvalue weighted by atomic mass is 19.4. The first-order valence-corrected chi connectivity index (χ1v) is 12.7. The Morgan fingerprint density at radius 1 is 1.23 bits per heavy atom. The Balaban J connectivity index is 0.000000411. The van der Waals surface area contributed by atoms with E-state index in [-0.39, 0.29) is 29.6 Å². The minimum absolute atomic E-state index is 0.0329. The Hall–Kier alpha value is -3.72. The molecule has 2 saturated heterocycles. The summed E-state index contributed by atoms with van der Waals surface area (Å²) in [4.78, 5) is 31.5. The predicted octanol–water partition coefficient (Wildman–Crippen LogP) is 3.00. The molecule has 3 aromatic rings. The van der Waals surface area contributed by atoms with Crippen LogP contribution in [0.5, 0.6) is 11.5 Å². The van der Waals surface area contributed by atoms with E-state index in [1.165, 1.54) is 6.07 Å². The van der Waals surface area contributed by atoms with Crippen molar-refractivity contribution in [3.8, 4) is 11.5 Å². The first-order valence-electron chi connectivity index (χ1n) is 12.7. The fraction of sp³-hybridized carbons (Fsp3) is 0.520. The molecule has 0 saturated carbocycles. The number of carboxylic acids is 1. The number of nitrogens with one attached hydrogen (secondary N) is 1. The number of fused-ring (bicyclic) bond motifs is 2. The molecule has 0 bridgehead atoms. The second kappa shape index (κ2) is 11.0. The highest BCUT2D eigenvalue weighted by Gasteiger charge is 2.38. The molecule has 15 heteroatoms. The summed E-state index contributed by atoms with van der Waals surface area (Å²) in [5.74, 6) is -1.27. The number of benzene rings is 1. The SMILES string of the molecule is CC(c1nc2c(cnn2C2CCOCC2)c(=O)[nH]1)N1CC(Oc2ccc(F)c3c2OCC3)C1.O=C(O)C(F)(F)F. The molecule has 0 amide bonds. The van der Waals surface area contributed by atoms with Gasteiger partial charge in [-0.3, -0.25) is 9.69 Å². The lowest BCUT2D eigenvalue weighted by atomic mass is 10.1. The molecule has 2 aromatic heterocycles. The van der Waals surface area contributed by atoms with Crippen LogP contribution < -0.4 is 15.0 Å². The monoisotopic (exact) mass is 569 g/mol. The molecule has 40 heavy (non-hydrogen) atoms. The smallest absolute Gasteiger partial charge is 0.489 e. The molecule has 11 nitrogen and oxygen atoms in total. The van der Waals surface area contributed by atoms with Crippen LogP contribution in [0.4, 0.5) is 17.6 Å². The number of ether oxygens (including phenoxy) is 3. The summed E-state index contributed by atoms with van der Waals surface area (Å²) in [6.45, 7) is 5.23. The summed E-state index contributed by atoms with van der Waals surface area (Å²) in [6.07, 6.45) is -1.23. The van der Waals surface area contributed by atoms with Crippen molar-refractivity contribution in [2.24, 2.45) is 0 Å². The first kappa shape index (κ1) is 27.8. The maximum atomic E-state index is 13.9. The molecule has 1 aromatic carbocycles. The van der Waals surface area contributed by atoms with E-state index >= 15 is 0 Å². The molecule has 1 atom stereocenters. The van der Waals surface area contributed by atoms with Crippen LogP contribution in [-0.4, -0.2) is 80.9 Å². The zero-order valence-electron chi connectivity index (χ0n) is 21.4. The second-order valence-corrected chi connectivity index (χ2v) is 9.75. The van der Waals surface area contributed by atoms with Crippen LogP contribution in [-0.2, 0) is 16.0 Å². The van der Waals surface area contributed by atoms with E-state index < -0.39 is 12.1 Å². The van der Waals surface area contributed by atoms with Crippen LogP contribution in [0.25, 0.3) is 11.0 Å². The van der Waals surface area contributed by atoms with Gasteiger partial charge in [-0.05, 0) is 31.9 Å². The van der Waals surface area contributed by atoms with Gasteiger partial charge in [-0.2, -0.15) is 18.3 Å². The number of hydrogen-bond acceptors (Lipinski definition) is 8. The Labute approximate surface area is 224 Å². The fourth-order valence-electron chi connectivity index (χ4n) is 4.88. The number of likely N-dealkylation sites (tertiary alicyclic amines) is 1. The summed E-state index contributed by atoms with van der Waals surface area (Å²) in [5, 5.41) is 12.1. The third-order valence-corrected chi connectivity index (χ3v) is 7.14. The number of halogens is 4. The summed E-state index contributed by atoms with van der Waals surface area (Å²) in [7, 11) is 0. The van der Waals surface area contributed by atoms with Crippen molar-refractivity contribution in [1.82, 2.24) is 24.6 Å². The maximum absolute atomic E-state index is 13.9. The van der Waals surface area contributed by atoms with Crippen molar-refractivity contribution in [3.05, 3.63) is 45.9 Å². The second-order valence-electron chi connectivity index (χ2n) is 9.75. The Bertz CT molecular complexity index is 1450. The number of aliphatic carboxylic acids is 1. The van der Waals surface area contributed by atoms with Gasteiger partial charge >= 0.3 is 12.1 Å². The molecule has 1 unspecified atom stereocenters. The molecule has 0 spiro atoms. The van der Waals surface area contributed by atoms with Gasteiger partial charge in [0.15, 0.2) is 17.1 Å². The zero-order valence-corrected chi connectivity index (χ0v) is 21.4. The Morgan fingerprint density at radius 2 is 1.93 bits per heavy atom. The number of nitrogens with zero attached hydrogens (tertiary/aromatic N) is 4. The molecule has 6 rings (SSSR count). The van der Waals surface area contributed by atoms with Crippen molar-refractivity contribution >= 4 is 17.0 Å². The van der Waals surface area contributed by atoms with E-state index in [4.69, 9.17) is 29.1 Å². The van der Waals surface area contributed by atoms with Crippen LogP contribution >= 0.6 is 0 Å². The molecule has 5 heterocycles. The summed E-state index contributed by atoms with van der Waals surface area (Å²) in [6, 6.07) is 3.17. The van der Waals surface area contributed by atoms with Crippen molar-refractivity contribution in [2.75, 3.05) is 32.9 Å². The minimum Gasteiger partial charge on any atom is -0.489 e. The zero-order chi connectivity index (χ0) is 28.6. The predicted molar refractivity (Wildman–Crippen MR) is 131 cm³/mol. The van der Waals surface area contributed by atoms with Crippen molar-refractivity contribution in [1.29, 1.82) is 0 Å². The van der Waals surface area contributed by atoms with E-state index in [2.05, 4.69) is 15.0 Å². The van der Waals surface area contributed by atoms with Crippen LogP contribution in [0.2, 0.25) is 0 Å². The highest BCUT2D eigenvalue weighted by molar-refractivity contribution is 5.73. The van der Waals surface area contributed by atoms with Crippen LogP contribution in [0.1, 0.15) is 43.2 Å². The standard InChI is InChI=1S/C23H26FN5O4.C2HF3O2/c1-13(28-11-15(12-28)33-19-3-2-18(24)16-6-9-32-20(16)19)21-26-22-17(23(30)27-21)10-25-29(22)14-4-7-31-8-5-14;3-2(4,5)1(6)7/h2-3,10,13-15H,4-9,11-12H2,1H3,(H,26,27,30);(H,6,7). The van der Waals surface area contributed by atoms with E-state index in [1.54, 1.807) is 12.3 Å². The van der Waals surface area contributed by atoms with Gasteiger partial charge in [-0.15, -0.1) is 0 Å². The van der Waals surface area contributed by atoms with Gasteiger partial charge in [0.2, 0.25) is 0 Å². The van der Waals surface area contributed by atoms with E-state index in [0.29, 0.717) is 73.3 Å². The van der Waals surface area contributed by atoms with Gasteiger partial charge in [0.25, 0.3) is 5.56 Å². The van der Waals surface area contributed by atoms with E-state index in [0.717, 1.165) is 12.8 Å². The summed E-state index contributed by atoms with van der Waals surface area (Å²) in [5.41, 5.74) is 1.04. The van der Waals surface area contributed by atoms with E-state index in [1.807, 2.05) is 11.6 Å². The van der Waals surface area contributed by atoms with Crippen molar-refractivity contribution in [3.63, 3.8) is 0 Å². The molecule has 0 aliphatic carbocycles. The van der Waals surface area contributed by atoms with Gasteiger partial charge in [0.1, 0.15) is 23.1 Å². The van der Waals surface area contributed by atoms with Gasteiger partial charge in [-0.1, -0.05) is 0 Å². The Morgan fingerprint density at radius 3 is 2.60 bits per heavy atom. The maximum Gasteiger partial charge on any atom is 0.490 e. The molecule has 3 aliphatic heterocycles. The van der Waals surface area contributed by atoms with Crippen LogP contribution in [0.3, 0.4) is 0 Å². The lowest BCUT2D eigenvalue weighted by Crippen LogP contribution is -2.54. The normalized spacial score (nSPS) is 18.8. The lowest BCUT2D eigenvalue weighted by molar-refractivity contribution is -0.192. The number of aromatic amines is 1. The third kappa shape index (κ3) is 5.61. The number of carboxylic acid groups (broad SMARTS) is 1. The highest BCUT2D eigenvalue weighted by Crippen LogP contribution is 2.39. The molecule has 0 radical (unpaired) electrons. The fourth-order valence-corrected chi connectivity index (χ4v) is 4.88. The summed E-state index contributed by atoms with van der Waals surface area (Å²) < 4.78 is 64.7. The average Bonchev–Trinajstić information content (AvgIpc) is 3.56. The van der Waals surface area contributed by atoms with Crippen molar-refractivity contribution in [2.45, 2.75) is 50.6 Å². The average molecular weight is 570 g/mol. The quantitative estimate of drug-likeness (QED) is 0.445. The molecular formula is C25H27F4N5O6. The van der Waals surface area contributed by atoms with E-state index in [9.17, 15) is 22.4 Å². The number of rotatable bonds is 5. The summed E-state index contributed by atoms with van der Waals surface area (Å²) >= 11 is 0. The van der Waals surface area contributed by atoms with Gasteiger partial charge in [0, 0.05) is 38.3 Å².